The van der Waals surface area contributed by atoms with Crippen molar-refractivity contribution in [2.75, 3.05) is 12.4 Å². The summed E-state index contributed by atoms with van der Waals surface area (Å²) in [4.78, 5) is 29.7. The molecule has 1 aliphatic heterocycles. The van der Waals surface area contributed by atoms with Crippen LogP contribution in [0.3, 0.4) is 0 Å². The fourth-order valence-electron chi connectivity index (χ4n) is 2.75. The van der Waals surface area contributed by atoms with Gasteiger partial charge in [-0.05, 0) is 24.6 Å². The minimum Gasteiger partial charge on any atom is -0.350 e. The first-order valence-corrected chi connectivity index (χ1v) is 11.5. The second-order valence-corrected chi connectivity index (χ2v) is 10.2. The van der Waals surface area contributed by atoms with E-state index in [9.17, 15) is 22.4 Å². The number of carbonyl (C=O) groups is 2. The minimum atomic E-state index is -4.09. The molecule has 2 unspecified atom stereocenters. The van der Waals surface area contributed by atoms with E-state index in [0.29, 0.717) is 9.34 Å². The van der Waals surface area contributed by atoms with Crippen LogP contribution in [0.4, 0.5) is 10.1 Å². The van der Waals surface area contributed by atoms with E-state index in [1.54, 1.807) is 0 Å². The molecule has 9 nitrogen and oxygen atoms in total. The normalized spacial score (nSPS) is 21.2. The van der Waals surface area contributed by atoms with Gasteiger partial charge in [0.25, 0.3) is 10.2 Å². The molecule has 2 atom stereocenters. The average Bonchev–Trinajstić information content (AvgIpc) is 3.10. The van der Waals surface area contributed by atoms with Crippen LogP contribution in [0.2, 0.25) is 9.49 Å². The lowest BCUT2D eigenvalue weighted by Crippen LogP contribution is -2.62. The smallest absolute Gasteiger partial charge is 0.280 e. The van der Waals surface area contributed by atoms with Gasteiger partial charge in [-0.2, -0.15) is 17.4 Å². The maximum Gasteiger partial charge on any atom is 0.280 e. The number of carbonyl (C=O) groups excluding carboxylic acids is 2. The Labute approximate surface area is 185 Å². The SMILES string of the molecule is CN1C(C(=O)Nc2ccc(F)c(Cl)c2)CC(C(=O)NCc2cnc(Cl)s2)NS1(=O)=O. The Balaban J connectivity index is 1.70. The van der Waals surface area contributed by atoms with Crippen molar-refractivity contribution in [3.05, 3.63) is 44.6 Å². The van der Waals surface area contributed by atoms with E-state index in [0.717, 1.165) is 10.4 Å². The zero-order valence-electron chi connectivity index (χ0n) is 15.4. The molecule has 2 aromatic rings. The summed E-state index contributed by atoms with van der Waals surface area (Å²) in [6.07, 6.45) is 1.38. The number of thiazole rings is 1. The molecule has 1 aliphatic rings. The highest BCUT2D eigenvalue weighted by Crippen LogP contribution is 2.23. The van der Waals surface area contributed by atoms with E-state index in [-0.39, 0.29) is 23.7 Å². The van der Waals surface area contributed by atoms with Crippen LogP contribution in [-0.2, 0) is 26.3 Å². The molecule has 1 saturated heterocycles. The second kappa shape index (κ2) is 9.12. The van der Waals surface area contributed by atoms with Gasteiger partial charge in [0.15, 0.2) is 4.47 Å². The summed E-state index contributed by atoms with van der Waals surface area (Å²) in [7, 11) is -2.87. The van der Waals surface area contributed by atoms with Crippen molar-refractivity contribution in [1.82, 2.24) is 19.3 Å². The number of hydrogen-bond donors (Lipinski definition) is 3. The van der Waals surface area contributed by atoms with Crippen molar-refractivity contribution in [1.29, 1.82) is 0 Å². The van der Waals surface area contributed by atoms with Crippen LogP contribution in [0.15, 0.2) is 24.4 Å². The molecule has 3 N–H and O–H groups in total. The van der Waals surface area contributed by atoms with Crippen LogP contribution in [0.5, 0.6) is 0 Å². The number of aromatic nitrogens is 1. The van der Waals surface area contributed by atoms with Gasteiger partial charge >= 0.3 is 0 Å². The van der Waals surface area contributed by atoms with Gasteiger partial charge in [-0.3, -0.25) is 9.59 Å². The molecule has 0 radical (unpaired) electrons. The topological polar surface area (TPSA) is 120 Å². The molecule has 162 valence electrons. The van der Waals surface area contributed by atoms with Crippen molar-refractivity contribution < 1.29 is 22.4 Å². The Morgan fingerprint density at radius 1 is 1.37 bits per heavy atom. The summed E-state index contributed by atoms with van der Waals surface area (Å²) in [6.45, 7) is 0.113. The van der Waals surface area contributed by atoms with Gasteiger partial charge in [0.05, 0.1) is 11.6 Å². The number of nitrogens with zero attached hydrogens (tertiary/aromatic N) is 2. The van der Waals surface area contributed by atoms with E-state index in [4.69, 9.17) is 23.2 Å². The average molecular weight is 496 g/mol. The lowest BCUT2D eigenvalue weighted by atomic mass is 10.1. The fourth-order valence-corrected chi connectivity index (χ4v) is 5.09. The quantitative estimate of drug-likeness (QED) is 0.583. The number of benzene rings is 1. The fraction of sp³-hybridized carbons (Fsp3) is 0.312. The number of nitrogens with one attached hydrogen (secondary N) is 3. The summed E-state index contributed by atoms with van der Waals surface area (Å²) in [6, 6.07) is 1.23. The van der Waals surface area contributed by atoms with Crippen molar-refractivity contribution in [3.8, 4) is 0 Å². The molecule has 0 aliphatic carbocycles. The second-order valence-electron chi connectivity index (χ2n) is 6.36. The van der Waals surface area contributed by atoms with Crippen LogP contribution in [0.25, 0.3) is 0 Å². The highest BCUT2D eigenvalue weighted by Gasteiger charge is 2.42. The standard InChI is InChI=1S/C16H16Cl2FN5O4S2/c1-24-13(15(26)22-8-2-3-11(19)10(17)4-8)5-12(23-30(24,27)28)14(25)20-6-9-7-21-16(18)29-9/h2-4,7,12-13,23H,5-6H2,1H3,(H,20,25)(H,22,26). The zero-order chi connectivity index (χ0) is 22.1. The Morgan fingerprint density at radius 3 is 2.73 bits per heavy atom. The largest absolute Gasteiger partial charge is 0.350 e. The first-order chi connectivity index (χ1) is 14.1. The zero-order valence-corrected chi connectivity index (χ0v) is 18.5. The molecule has 30 heavy (non-hydrogen) atoms. The van der Waals surface area contributed by atoms with Crippen LogP contribution in [-0.4, -0.2) is 48.7 Å². The summed E-state index contributed by atoms with van der Waals surface area (Å²) >= 11 is 12.6. The van der Waals surface area contributed by atoms with Crippen LogP contribution < -0.4 is 15.4 Å². The van der Waals surface area contributed by atoms with Crippen LogP contribution >= 0.6 is 34.5 Å². The Hall–Kier alpha value is -1.83. The first-order valence-electron chi connectivity index (χ1n) is 8.46. The molecule has 0 saturated carbocycles. The van der Waals surface area contributed by atoms with E-state index in [2.05, 4.69) is 20.3 Å². The van der Waals surface area contributed by atoms with E-state index in [1.165, 1.54) is 36.7 Å². The van der Waals surface area contributed by atoms with Gasteiger partial charge in [-0.15, -0.1) is 11.3 Å². The number of hydrogen-bond acceptors (Lipinski definition) is 6. The van der Waals surface area contributed by atoms with Gasteiger partial charge in [-0.25, -0.2) is 9.37 Å². The maximum absolute atomic E-state index is 13.3. The highest BCUT2D eigenvalue weighted by molar-refractivity contribution is 7.87. The third-order valence-corrected chi connectivity index (χ3v) is 7.34. The molecular weight excluding hydrogens is 480 g/mol. The predicted octanol–water partition coefficient (Wildman–Crippen LogP) is 1.75. The van der Waals surface area contributed by atoms with Crippen molar-refractivity contribution in [2.45, 2.75) is 25.0 Å². The number of likely N-dealkylation sites (N-methyl/N-ethyl adjacent to an activating group) is 1. The third kappa shape index (κ3) is 5.25. The number of amides is 2. The van der Waals surface area contributed by atoms with Gasteiger partial charge in [0.2, 0.25) is 11.8 Å². The van der Waals surface area contributed by atoms with Gasteiger partial charge < -0.3 is 10.6 Å². The maximum atomic E-state index is 13.3. The Kier molecular flexibility index (Phi) is 6.95. The number of anilines is 1. The molecule has 14 heteroatoms. The lowest BCUT2D eigenvalue weighted by molar-refractivity contribution is -0.124. The number of halogens is 3. The van der Waals surface area contributed by atoms with Gasteiger partial charge in [0, 0.05) is 23.8 Å². The first kappa shape index (κ1) is 22.8. The third-order valence-electron chi connectivity index (χ3n) is 4.34. The monoisotopic (exact) mass is 495 g/mol. The minimum absolute atomic E-state index is 0.113. The molecule has 0 bridgehead atoms. The molecular formula is C16H16Cl2FN5O4S2. The molecule has 3 rings (SSSR count). The van der Waals surface area contributed by atoms with Crippen LogP contribution in [0, 0.1) is 5.82 Å². The highest BCUT2D eigenvalue weighted by atomic mass is 35.5. The van der Waals surface area contributed by atoms with E-state index < -0.39 is 39.9 Å². The van der Waals surface area contributed by atoms with Gasteiger partial charge in [0.1, 0.15) is 17.9 Å². The summed E-state index contributed by atoms with van der Waals surface area (Å²) in [5, 5.41) is 4.89. The van der Waals surface area contributed by atoms with E-state index >= 15 is 0 Å². The number of rotatable bonds is 5. The van der Waals surface area contributed by atoms with Crippen molar-refractivity contribution in [3.63, 3.8) is 0 Å². The summed E-state index contributed by atoms with van der Waals surface area (Å²) in [5.74, 6) is -1.94. The molecule has 1 aromatic carbocycles. The van der Waals surface area contributed by atoms with Crippen LogP contribution in [0.1, 0.15) is 11.3 Å². The molecule has 2 amide bonds. The molecule has 0 spiro atoms. The Morgan fingerprint density at radius 2 is 2.10 bits per heavy atom. The molecule has 1 fully saturated rings. The lowest BCUT2D eigenvalue weighted by Gasteiger charge is -2.35. The van der Waals surface area contributed by atoms with Crippen molar-refractivity contribution in [2.24, 2.45) is 0 Å². The van der Waals surface area contributed by atoms with E-state index in [1.807, 2.05) is 0 Å². The Bertz CT molecular complexity index is 1080. The molecule has 1 aromatic heterocycles. The van der Waals surface area contributed by atoms with Gasteiger partial charge in [-0.1, -0.05) is 23.2 Å². The predicted molar refractivity (Wildman–Crippen MR) is 111 cm³/mol. The summed E-state index contributed by atoms with van der Waals surface area (Å²) < 4.78 is 41.5. The molecule has 2 heterocycles. The summed E-state index contributed by atoms with van der Waals surface area (Å²) in [5.41, 5.74) is 0.193. The van der Waals surface area contributed by atoms with Crippen molar-refractivity contribution >= 4 is 62.2 Å².